The number of aliphatic carboxylic acids is 2. The zero-order valence-corrected chi connectivity index (χ0v) is 11.9. The fourth-order valence-electron chi connectivity index (χ4n) is 1.22. The van der Waals surface area contributed by atoms with Gasteiger partial charge in [0, 0.05) is 0 Å². The van der Waals surface area contributed by atoms with E-state index in [4.69, 9.17) is 27.4 Å². The van der Waals surface area contributed by atoms with Crippen molar-refractivity contribution in [2.24, 2.45) is 17.2 Å². The van der Waals surface area contributed by atoms with Gasteiger partial charge in [-0.2, -0.15) is 0 Å². The molecule has 8 nitrogen and oxygen atoms in total. The molecule has 0 saturated carbocycles. The molecule has 20 heavy (non-hydrogen) atoms. The van der Waals surface area contributed by atoms with Gasteiger partial charge in [0.05, 0.1) is 6.54 Å². The standard InChI is InChI=1S/2C6H14N2O2/c7-3-1-2-4-8-5-6(9)10;7-4-2-1-3-5(8)6(9)10/h8H,1-5,7H2,(H,9,10);5H,1-4,7-8H2,(H,9,10)/t;5-/m.0/s1. The Morgan fingerprint density at radius 3 is 2.00 bits per heavy atom. The van der Waals surface area contributed by atoms with Crippen LogP contribution in [0.4, 0.5) is 0 Å². The lowest BCUT2D eigenvalue weighted by atomic mass is 10.1. The van der Waals surface area contributed by atoms with E-state index in [0.717, 1.165) is 32.2 Å². The fourth-order valence-corrected chi connectivity index (χ4v) is 1.22. The third-order valence-corrected chi connectivity index (χ3v) is 2.37. The van der Waals surface area contributed by atoms with Gasteiger partial charge in [-0.15, -0.1) is 0 Å². The van der Waals surface area contributed by atoms with Crippen LogP contribution in [0, 0.1) is 0 Å². The van der Waals surface area contributed by atoms with Crippen molar-refractivity contribution in [2.45, 2.75) is 38.1 Å². The van der Waals surface area contributed by atoms with Gasteiger partial charge < -0.3 is 32.7 Å². The van der Waals surface area contributed by atoms with Crippen LogP contribution >= 0.6 is 0 Å². The minimum Gasteiger partial charge on any atom is -0.480 e. The van der Waals surface area contributed by atoms with Crippen molar-refractivity contribution in [3.63, 3.8) is 0 Å². The van der Waals surface area contributed by atoms with E-state index < -0.39 is 18.0 Å². The number of carboxylic acids is 2. The summed E-state index contributed by atoms with van der Waals surface area (Å²) in [6, 6.07) is -0.716. The van der Waals surface area contributed by atoms with Crippen molar-refractivity contribution in [3.8, 4) is 0 Å². The number of nitrogens with two attached hydrogens (primary N) is 3. The molecule has 0 amide bonds. The van der Waals surface area contributed by atoms with E-state index in [2.05, 4.69) is 5.32 Å². The number of hydrogen-bond donors (Lipinski definition) is 6. The summed E-state index contributed by atoms with van der Waals surface area (Å²) in [5.74, 6) is -1.75. The molecule has 0 radical (unpaired) electrons. The van der Waals surface area contributed by atoms with E-state index in [1.165, 1.54) is 0 Å². The predicted octanol–water partition coefficient (Wildman–Crippen LogP) is -1.07. The van der Waals surface area contributed by atoms with Gasteiger partial charge in [-0.1, -0.05) is 6.42 Å². The van der Waals surface area contributed by atoms with Crippen molar-refractivity contribution in [2.75, 3.05) is 26.2 Å². The minimum absolute atomic E-state index is 0.0462. The van der Waals surface area contributed by atoms with Crippen LogP contribution in [0.5, 0.6) is 0 Å². The monoisotopic (exact) mass is 292 g/mol. The van der Waals surface area contributed by atoms with Crippen LogP contribution in [-0.2, 0) is 9.59 Å². The molecule has 8 heteroatoms. The average molecular weight is 292 g/mol. The zero-order valence-electron chi connectivity index (χ0n) is 11.9. The summed E-state index contributed by atoms with van der Waals surface area (Å²) in [4.78, 5) is 20.1. The fraction of sp³-hybridized carbons (Fsp3) is 0.833. The molecule has 0 fully saturated rings. The lowest BCUT2D eigenvalue weighted by Crippen LogP contribution is -2.29. The van der Waals surface area contributed by atoms with E-state index in [9.17, 15) is 9.59 Å². The molecule has 0 saturated heterocycles. The Bertz CT molecular complexity index is 252. The summed E-state index contributed by atoms with van der Waals surface area (Å²) in [5.41, 5.74) is 15.6. The molecular weight excluding hydrogens is 264 g/mol. The van der Waals surface area contributed by atoms with Gasteiger partial charge in [0.2, 0.25) is 0 Å². The summed E-state index contributed by atoms with van der Waals surface area (Å²) in [5, 5.41) is 19.3. The largest absolute Gasteiger partial charge is 0.480 e. The molecule has 0 aliphatic rings. The summed E-state index contributed by atoms with van der Waals surface area (Å²) in [6.45, 7) is 2.06. The van der Waals surface area contributed by atoms with Gasteiger partial charge in [-0.25, -0.2) is 0 Å². The van der Waals surface area contributed by atoms with Crippen molar-refractivity contribution < 1.29 is 19.8 Å². The molecular formula is C12H28N4O4. The molecule has 0 spiro atoms. The predicted molar refractivity (Wildman–Crippen MR) is 77.3 cm³/mol. The van der Waals surface area contributed by atoms with E-state index in [0.29, 0.717) is 19.5 Å². The van der Waals surface area contributed by atoms with Crippen LogP contribution in [-0.4, -0.2) is 54.4 Å². The Labute approximate surface area is 119 Å². The Balaban J connectivity index is 0. The number of unbranched alkanes of at least 4 members (excludes halogenated alkanes) is 2. The maximum Gasteiger partial charge on any atom is 0.320 e. The molecule has 120 valence electrons. The van der Waals surface area contributed by atoms with Gasteiger partial charge in [0.15, 0.2) is 0 Å². The molecule has 0 aromatic rings. The first kappa shape index (κ1) is 21.1. The molecule has 0 aromatic carbocycles. The summed E-state index contributed by atoms with van der Waals surface area (Å²) in [7, 11) is 0. The molecule has 0 rings (SSSR count). The van der Waals surface area contributed by atoms with Crippen molar-refractivity contribution in [1.29, 1.82) is 0 Å². The van der Waals surface area contributed by atoms with E-state index >= 15 is 0 Å². The maximum absolute atomic E-state index is 10.1. The summed E-state index contributed by atoms with van der Waals surface area (Å²) in [6.07, 6.45) is 4.06. The Kier molecular flexibility index (Phi) is 16.7. The number of rotatable bonds is 11. The highest BCUT2D eigenvalue weighted by Crippen LogP contribution is 1.96. The molecule has 0 aliphatic carbocycles. The van der Waals surface area contributed by atoms with Gasteiger partial charge in [0.25, 0.3) is 0 Å². The highest BCUT2D eigenvalue weighted by Gasteiger charge is 2.09. The van der Waals surface area contributed by atoms with Gasteiger partial charge in [-0.05, 0) is 45.3 Å². The summed E-state index contributed by atoms with van der Waals surface area (Å²) < 4.78 is 0. The van der Waals surface area contributed by atoms with E-state index in [1.807, 2.05) is 0 Å². The van der Waals surface area contributed by atoms with Gasteiger partial charge in [-0.3, -0.25) is 9.59 Å². The van der Waals surface area contributed by atoms with Crippen molar-refractivity contribution in [3.05, 3.63) is 0 Å². The third kappa shape index (κ3) is 19.1. The highest BCUT2D eigenvalue weighted by molar-refractivity contribution is 5.72. The van der Waals surface area contributed by atoms with Crippen LogP contribution < -0.4 is 22.5 Å². The van der Waals surface area contributed by atoms with Gasteiger partial charge >= 0.3 is 11.9 Å². The first-order chi connectivity index (χ1) is 9.45. The summed E-state index contributed by atoms with van der Waals surface area (Å²) >= 11 is 0. The van der Waals surface area contributed by atoms with Crippen LogP contribution in [0.2, 0.25) is 0 Å². The van der Waals surface area contributed by atoms with Crippen LogP contribution in [0.3, 0.4) is 0 Å². The average Bonchev–Trinajstić information content (AvgIpc) is 2.39. The van der Waals surface area contributed by atoms with E-state index in [-0.39, 0.29) is 6.54 Å². The lowest BCUT2D eigenvalue weighted by molar-refractivity contribution is -0.139. The number of carbonyl (C=O) groups is 2. The molecule has 0 aromatic heterocycles. The molecule has 9 N–H and O–H groups in total. The number of nitrogens with one attached hydrogen (secondary N) is 1. The second-order valence-electron chi connectivity index (χ2n) is 4.30. The van der Waals surface area contributed by atoms with Crippen LogP contribution in [0.1, 0.15) is 32.1 Å². The molecule has 1 atom stereocenters. The number of hydrogen-bond acceptors (Lipinski definition) is 6. The smallest absolute Gasteiger partial charge is 0.320 e. The normalized spacial score (nSPS) is 11.3. The van der Waals surface area contributed by atoms with E-state index in [1.54, 1.807) is 0 Å². The molecule has 0 aliphatic heterocycles. The highest BCUT2D eigenvalue weighted by atomic mass is 16.4. The second-order valence-corrected chi connectivity index (χ2v) is 4.30. The third-order valence-electron chi connectivity index (χ3n) is 2.37. The Morgan fingerprint density at radius 2 is 1.55 bits per heavy atom. The minimum atomic E-state index is -0.933. The molecule has 0 unspecified atom stereocenters. The second kappa shape index (κ2) is 15.8. The van der Waals surface area contributed by atoms with Crippen LogP contribution in [0.15, 0.2) is 0 Å². The topological polar surface area (TPSA) is 165 Å². The van der Waals surface area contributed by atoms with Gasteiger partial charge in [0.1, 0.15) is 6.04 Å². The SMILES string of the molecule is NCCCCNCC(=O)O.NCCCC[C@H](N)C(=O)O. The Morgan fingerprint density at radius 1 is 1.00 bits per heavy atom. The lowest BCUT2D eigenvalue weighted by Gasteiger charge is -2.03. The first-order valence-electron chi connectivity index (χ1n) is 6.76. The van der Waals surface area contributed by atoms with Crippen molar-refractivity contribution in [1.82, 2.24) is 5.32 Å². The zero-order chi connectivity index (χ0) is 15.8. The maximum atomic E-state index is 10.1. The van der Waals surface area contributed by atoms with Crippen molar-refractivity contribution >= 4 is 11.9 Å². The first-order valence-corrected chi connectivity index (χ1v) is 6.76. The van der Waals surface area contributed by atoms with Crippen LogP contribution in [0.25, 0.3) is 0 Å². The molecule has 0 bridgehead atoms. The Hall–Kier alpha value is -1.22. The quantitative estimate of drug-likeness (QED) is 0.262. The number of carboxylic acid groups (broad SMARTS) is 2. The molecule has 0 heterocycles.